The number of imide groups is 1. The van der Waals surface area contributed by atoms with Crippen molar-refractivity contribution in [3.05, 3.63) is 24.3 Å². The lowest BCUT2D eigenvalue weighted by Gasteiger charge is -2.28. The highest BCUT2D eigenvalue weighted by molar-refractivity contribution is 6.00. The summed E-state index contributed by atoms with van der Waals surface area (Å²) >= 11 is 0. The van der Waals surface area contributed by atoms with Crippen LogP contribution in [-0.2, 0) is 16.1 Å². The number of carbonyl (C=O) groups excluding carboxylic acids is 2. The van der Waals surface area contributed by atoms with Crippen molar-refractivity contribution < 1.29 is 9.59 Å². The summed E-state index contributed by atoms with van der Waals surface area (Å²) in [5, 5.41) is 3.09. The zero-order valence-electron chi connectivity index (χ0n) is 9.59. The Bertz CT molecular complexity index is 421. The minimum atomic E-state index is -0.306. The molecule has 1 aliphatic heterocycles. The first-order valence-corrected chi connectivity index (χ1v) is 5.47. The summed E-state index contributed by atoms with van der Waals surface area (Å²) in [5.41, 5.74) is 0.778. The average molecular weight is 234 g/mol. The number of hydrogen-bond donors (Lipinski definition) is 1. The van der Waals surface area contributed by atoms with E-state index in [1.54, 1.807) is 18.6 Å². The largest absolute Gasteiger partial charge is 0.300 e. The van der Waals surface area contributed by atoms with Gasteiger partial charge >= 0.3 is 0 Å². The molecule has 0 aromatic carbocycles. The number of piperidine rings is 1. The van der Waals surface area contributed by atoms with Crippen molar-refractivity contribution in [2.45, 2.75) is 25.4 Å². The number of hydrogen-bond acceptors (Lipinski definition) is 5. The molecule has 6 heteroatoms. The Hall–Kier alpha value is -1.82. The van der Waals surface area contributed by atoms with E-state index in [1.165, 1.54) is 11.9 Å². The van der Waals surface area contributed by atoms with Gasteiger partial charge in [-0.15, -0.1) is 0 Å². The Labute approximate surface area is 99.1 Å². The van der Waals surface area contributed by atoms with Gasteiger partial charge in [0, 0.05) is 38.6 Å². The summed E-state index contributed by atoms with van der Waals surface area (Å²) < 4.78 is 0. The van der Waals surface area contributed by atoms with Gasteiger partial charge in [0.15, 0.2) is 0 Å². The van der Waals surface area contributed by atoms with Crippen LogP contribution in [0, 0.1) is 0 Å². The number of likely N-dealkylation sites (tertiary alicyclic amines) is 1. The number of amides is 2. The van der Waals surface area contributed by atoms with Crippen molar-refractivity contribution in [2.75, 3.05) is 7.05 Å². The fraction of sp³-hybridized carbons (Fsp3) is 0.455. The van der Waals surface area contributed by atoms with Gasteiger partial charge in [0.2, 0.25) is 11.8 Å². The molecule has 0 saturated carbocycles. The standard InChI is InChI=1S/C11H14N4O2/c1-15-10(16)3-2-9(11(15)17)14-7-8-6-12-4-5-13-8/h4-6,9,14H,2-3,7H2,1H3. The SMILES string of the molecule is CN1C(=O)CCC(NCc2cnccn2)C1=O. The Morgan fingerprint density at radius 3 is 3.00 bits per heavy atom. The Balaban J connectivity index is 1.92. The van der Waals surface area contributed by atoms with Crippen LogP contribution in [0.15, 0.2) is 18.6 Å². The number of likely N-dealkylation sites (N-methyl/N-ethyl adjacent to an activating group) is 1. The molecule has 1 aliphatic rings. The first-order valence-electron chi connectivity index (χ1n) is 5.47. The molecule has 1 fully saturated rings. The van der Waals surface area contributed by atoms with E-state index in [4.69, 9.17) is 0 Å². The van der Waals surface area contributed by atoms with Gasteiger partial charge in [-0.3, -0.25) is 24.5 Å². The normalized spacial score (nSPS) is 20.8. The van der Waals surface area contributed by atoms with Gasteiger partial charge in [-0.2, -0.15) is 0 Å². The molecule has 1 saturated heterocycles. The lowest BCUT2D eigenvalue weighted by atomic mass is 10.0. The monoisotopic (exact) mass is 234 g/mol. The second-order valence-corrected chi connectivity index (χ2v) is 3.96. The molecule has 1 N–H and O–H groups in total. The Morgan fingerprint density at radius 1 is 1.47 bits per heavy atom. The van der Waals surface area contributed by atoms with Crippen molar-refractivity contribution in [2.24, 2.45) is 0 Å². The molecule has 0 aliphatic carbocycles. The predicted octanol–water partition coefficient (Wildman–Crippen LogP) is -0.286. The molecule has 2 rings (SSSR count). The van der Waals surface area contributed by atoms with E-state index < -0.39 is 0 Å². The third-order valence-corrected chi connectivity index (χ3v) is 2.80. The molecule has 1 unspecified atom stereocenters. The minimum absolute atomic E-state index is 0.118. The maximum Gasteiger partial charge on any atom is 0.246 e. The highest BCUT2D eigenvalue weighted by Gasteiger charge is 2.31. The van der Waals surface area contributed by atoms with Crippen LogP contribution in [0.4, 0.5) is 0 Å². The van der Waals surface area contributed by atoms with E-state index in [2.05, 4.69) is 15.3 Å². The van der Waals surface area contributed by atoms with Crippen LogP contribution in [0.2, 0.25) is 0 Å². The Morgan fingerprint density at radius 2 is 2.29 bits per heavy atom. The molecule has 2 amide bonds. The maximum absolute atomic E-state index is 11.8. The highest BCUT2D eigenvalue weighted by Crippen LogP contribution is 2.11. The smallest absolute Gasteiger partial charge is 0.246 e. The molecule has 0 bridgehead atoms. The van der Waals surface area contributed by atoms with Gasteiger partial charge < -0.3 is 5.32 Å². The lowest BCUT2D eigenvalue weighted by molar-refractivity contribution is -0.148. The first-order chi connectivity index (χ1) is 8.18. The fourth-order valence-electron chi connectivity index (χ4n) is 1.75. The maximum atomic E-state index is 11.8. The van der Waals surface area contributed by atoms with Crippen molar-refractivity contribution in [3.8, 4) is 0 Å². The zero-order chi connectivity index (χ0) is 12.3. The minimum Gasteiger partial charge on any atom is -0.300 e. The average Bonchev–Trinajstić information content (AvgIpc) is 2.36. The molecular weight excluding hydrogens is 220 g/mol. The number of nitrogens with zero attached hydrogens (tertiary/aromatic N) is 3. The van der Waals surface area contributed by atoms with Crippen LogP contribution in [-0.4, -0.2) is 39.8 Å². The lowest BCUT2D eigenvalue weighted by Crippen LogP contribution is -2.51. The van der Waals surface area contributed by atoms with Gasteiger partial charge in [-0.05, 0) is 6.42 Å². The molecule has 0 spiro atoms. The van der Waals surface area contributed by atoms with Gasteiger partial charge in [-0.1, -0.05) is 0 Å². The van der Waals surface area contributed by atoms with E-state index in [9.17, 15) is 9.59 Å². The molecular formula is C11H14N4O2. The molecule has 90 valence electrons. The summed E-state index contributed by atoms with van der Waals surface area (Å²) in [7, 11) is 1.51. The van der Waals surface area contributed by atoms with E-state index in [0.29, 0.717) is 19.4 Å². The second-order valence-electron chi connectivity index (χ2n) is 3.96. The summed E-state index contributed by atoms with van der Waals surface area (Å²) in [4.78, 5) is 32.3. The van der Waals surface area contributed by atoms with Gasteiger partial charge in [0.25, 0.3) is 0 Å². The van der Waals surface area contributed by atoms with E-state index in [0.717, 1.165) is 5.69 Å². The fourth-order valence-corrected chi connectivity index (χ4v) is 1.75. The summed E-state index contributed by atoms with van der Waals surface area (Å²) in [6.45, 7) is 0.478. The van der Waals surface area contributed by atoms with E-state index in [-0.39, 0.29) is 17.9 Å². The Kier molecular flexibility index (Phi) is 3.43. The van der Waals surface area contributed by atoms with Crippen LogP contribution < -0.4 is 5.32 Å². The number of carbonyl (C=O) groups is 2. The molecule has 0 radical (unpaired) electrons. The van der Waals surface area contributed by atoms with Crippen molar-refractivity contribution in [3.63, 3.8) is 0 Å². The van der Waals surface area contributed by atoms with Crippen molar-refractivity contribution >= 4 is 11.8 Å². The van der Waals surface area contributed by atoms with Crippen LogP contribution >= 0.6 is 0 Å². The van der Waals surface area contributed by atoms with Gasteiger partial charge in [0.1, 0.15) is 0 Å². The number of rotatable bonds is 3. The third-order valence-electron chi connectivity index (χ3n) is 2.80. The van der Waals surface area contributed by atoms with Crippen LogP contribution in [0.3, 0.4) is 0 Å². The summed E-state index contributed by atoms with van der Waals surface area (Å²) in [6.07, 6.45) is 5.80. The van der Waals surface area contributed by atoms with Crippen molar-refractivity contribution in [1.29, 1.82) is 0 Å². The molecule has 6 nitrogen and oxygen atoms in total. The third kappa shape index (κ3) is 2.65. The topological polar surface area (TPSA) is 75.2 Å². The predicted molar refractivity (Wildman–Crippen MR) is 59.7 cm³/mol. The van der Waals surface area contributed by atoms with Gasteiger partial charge in [0.05, 0.1) is 11.7 Å². The van der Waals surface area contributed by atoms with Crippen LogP contribution in [0.5, 0.6) is 0 Å². The molecule has 1 aromatic rings. The molecule has 17 heavy (non-hydrogen) atoms. The number of aromatic nitrogens is 2. The van der Waals surface area contributed by atoms with Gasteiger partial charge in [-0.25, -0.2) is 0 Å². The molecule has 1 atom stereocenters. The van der Waals surface area contributed by atoms with E-state index >= 15 is 0 Å². The summed E-state index contributed by atoms with van der Waals surface area (Å²) in [5.74, 6) is -0.294. The van der Waals surface area contributed by atoms with E-state index in [1.807, 2.05) is 0 Å². The second kappa shape index (κ2) is 5.01. The van der Waals surface area contributed by atoms with Crippen LogP contribution in [0.25, 0.3) is 0 Å². The highest BCUT2D eigenvalue weighted by atomic mass is 16.2. The molecule has 2 heterocycles. The quantitative estimate of drug-likeness (QED) is 0.728. The number of nitrogens with one attached hydrogen (secondary N) is 1. The first kappa shape index (κ1) is 11.7. The summed E-state index contributed by atoms with van der Waals surface area (Å²) in [6, 6.07) is -0.306. The molecule has 1 aromatic heterocycles. The zero-order valence-corrected chi connectivity index (χ0v) is 9.59. The van der Waals surface area contributed by atoms with Crippen molar-refractivity contribution in [1.82, 2.24) is 20.2 Å². The van der Waals surface area contributed by atoms with Crippen LogP contribution in [0.1, 0.15) is 18.5 Å².